The van der Waals surface area contributed by atoms with Gasteiger partial charge in [0.05, 0.1) is 0 Å². The van der Waals surface area contributed by atoms with Crippen LogP contribution in [0.3, 0.4) is 0 Å². The first-order chi connectivity index (χ1) is 10.1. The summed E-state index contributed by atoms with van der Waals surface area (Å²) in [6.07, 6.45) is 3.96. The molecule has 1 saturated heterocycles. The first-order valence-electron chi connectivity index (χ1n) is 8.10. The summed E-state index contributed by atoms with van der Waals surface area (Å²) in [6, 6.07) is 6.22. The van der Waals surface area contributed by atoms with Crippen LogP contribution in [0.5, 0.6) is 0 Å². The van der Waals surface area contributed by atoms with Gasteiger partial charge in [-0.3, -0.25) is 4.79 Å². The number of rotatable bonds is 5. The number of amides is 1. The number of carbonyl (C=O) groups is 1. The lowest BCUT2D eigenvalue weighted by Crippen LogP contribution is -2.25. The molecule has 2 rings (SSSR count). The number of anilines is 1. The summed E-state index contributed by atoms with van der Waals surface area (Å²) in [4.78, 5) is 12.2. The fourth-order valence-electron chi connectivity index (χ4n) is 2.97. The van der Waals surface area contributed by atoms with Crippen molar-refractivity contribution in [1.82, 2.24) is 5.32 Å². The van der Waals surface area contributed by atoms with Crippen LogP contribution in [0.25, 0.3) is 0 Å². The Labute approximate surface area is 128 Å². The van der Waals surface area contributed by atoms with Gasteiger partial charge in [-0.15, -0.1) is 0 Å². The summed E-state index contributed by atoms with van der Waals surface area (Å²) >= 11 is 0. The standard InChI is InChI=1S/C18H27N2O/c1-13(2)16-8-4-6-14(3)18(16)20-17(21)10-9-15-7-5-11-19-12-15/h4,6,8,13,15H,5,7,9-12H2,1-3H3,(H,20,21). The molecule has 1 unspecified atom stereocenters. The van der Waals surface area contributed by atoms with Gasteiger partial charge in [0.2, 0.25) is 5.91 Å². The predicted molar refractivity (Wildman–Crippen MR) is 87.7 cm³/mol. The van der Waals surface area contributed by atoms with Crippen molar-refractivity contribution in [3.05, 3.63) is 29.3 Å². The molecule has 3 heteroatoms. The van der Waals surface area contributed by atoms with Gasteiger partial charge in [-0.1, -0.05) is 32.0 Å². The van der Waals surface area contributed by atoms with E-state index in [9.17, 15) is 4.79 Å². The maximum atomic E-state index is 12.2. The summed E-state index contributed by atoms with van der Waals surface area (Å²) in [7, 11) is 0. The monoisotopic (exact) mass is 287 g/mol. The number of piperidine rings is 1. The lowest BCUT2D eigenvalue weighted by atomic mass is 9.94. The van der Waals surface area contributed by atoms with Crippen molar-refractivity contribution in [3.63, 3.8) is 0 Å². The van der Waals surface area contributed by atoms with Crippen LogP contribution in [0, 0.1) is 12.8 Å². The normalized spacial score (nSPS) is 18.8. The number of hydrogen-bond acceptors (Lipinski definition) is 1. The Hall–Kier alpha value is -1.35. The third-order valence-electron chi connectivity index (χ3n) is 4.29. The average molecular weight is 287 g/mol. The van der Waals surface area contributed by atoms with Gasteiger partial charge < -0.3 is 5.32 Å². The summed E-state index contributed by atoms with van der Waals surface area (Å²) in [6.45, 7) is 8.32. The molecule has 0 aromatic heterocycles. The van der Waals surface area contributed by atoms with Crippen LogP contribution in [0.15, 0.2) is 18.2 Å². The second-order valence-electron chi connectivity index (χ2n) is 6.42. The Kier molecular flexibility index (Phi) is 5.80. The van der Waals surface area contributed by atoms with E-state index in [1.165, 1.54) is 18.4 Å². The predicted octanol–water partition coefficient (Wildman–Crippen LogP) is 3.85. The van der Waals surface area contributed by atoms with E-state index < -0.39 is 0 Å². The number of benzene rings is 1. The molecule has 21 heavy (non-hydrogen) atoms. The fraction of sp³-hybridized carbons (Fsp3) is 0.611. The molecule has 1 heterocycles. The molecule has 1 aliphatic rings. The van der Waals surface area contributed by atoms with Crippen LogP contribution in [-0.4, -0.2) is 19.0 Å². The van der Waals surface area contributed by atoms with Crippen LogP contribution in [-0.2, 0) is 4.79 Å². The second-order valence-corrected chi connectivity index (χ2v) is 6.42. The van der Waals surface area contributed by atoms with Gasteiger partial charge in [0, 0.05) is 25.2 Å². The fourth-order valence-corrected chi connectivity index (χ4v) is 2.97. The molecule has 1 aromatic carbocycles. The van der Waals surface area contributed by atoms with Gasteiger partial charge in [-0.2, -0.15) is 0 Å². The number of nitrogens with zero attached hydrogens (tertiary/aromatic N) is 1. The number of hydrogen-bond donors (Lipinski definition) is 1. The second kappa shape index (κ2) is 7.60. The van der Waals surface area contributed by atoms with E-state index in [4.69, 9.17) is 0 Å². The minimum atomic E-state index is 0.136. The van der Waals surface area contributed by atoms with Crippen LogP contribution >= 0.6 is 0 Å². The molecule has 115 valence electrons. The molecule has 1 aromatic rings. The Bertz CT molecular complexity index is 476. The average Bonchev–Trinajstić information content (AvgIpc) is 2.48. The largest absolute Gasteiger partial charge is 0.326 e. The molecule has 0 spiro atoms. The van der Waals surface area contributed by atoms with E-state index in [0.29, 0.717) is 18.3 Å². The van der Waals surface area contributed by atoms with Gasteiger partial charge in [-0.25, -0.2) is 5.32 Å². The number of nitrogens with one attached hydrogen (secondary N) is 1. The van der Waals surface area contributed by atoms with E-state index in [2.05, 4.69) is 49.6 Å². The maximum Gasteiger partial charge on any atom is 0.224 e. The molecule has 1 fully saturated rings. The van der Waals surface area contributed by atoms with Crippen molar-refractivity contribution in [3.8, 4) is 0 Å². The van der Waals surface area contributed by atoms with Gasteiger partial charge >= 0.3 is 0 Å². The molecular weight excluding hydrogens is 260 g/mol. The van der Waals surface area contributed by atoms with Gasteiger partial charge in [0.1, 0.15) is 0 Å². The Morgan fingerprint density at radius 3 is 2.90 bits per heavy atom. The van der Waals surface area contributed by atoms with E-state index in [-0.39, 0.29) is 5.91 Å². The quantitative estimate of drug-likeness (QED) is 0.878. The Balaban J connectivity index is 1.93. The minimum Gasteiger partial charge on any atom is -0.326 e. The topological polar surface area (TPSA) is 43.2 Å². The molecule has 1 radical (unpaired) electrons. The third-order valence-corrected chi connectivity index (χ3v) is 4.29. The van der Waals surface area contributed by atoms with Crippen molar-refractivity contribution in [2.75, 3.05) is 18.4 Å². The molecule has 3 nitrogen and oxygen atoms in total. The highest BCUT2D eigenvalue weighted by Gasteiger charge is 2.16. The molecule has 1 aliphatic heterocycles. The maximum absolute atomic E-state index is 12.2. The lowest BCUT2D eigenvalue weighted by molar-refractivity contribution is -0.116. The molecule has 1 N–H and O–H groups in total. The van der Waals surface area contributed by atoms with Gasteiger partial charge in [0.25, 0.3) is 0 Å². The van der Waals surface area contributed by atoms with E-state index >= 15 is 0 Å². The van der Waals surface area contributed by atoms with Crippen molar-refractivity contribution in [2.45, 2.75) is 52.4 Å². The SMILES string of the molecule is Cc1cccc(C(C)C)c1NC(=O)CCC1CCC[N]C1. The Morgan fingerprint density at radius 1 is 1.43 bits per heavy atom. The highest BCUT2D eigenvalue weighted by molar-refractivity contribution is 5.92. The van der Waals surface area contributed by atoms with Crippen molar-refractivity contribution >= 4 is 11.6 Å². The number of aryl methyl sites for hydroxylation is 1. The Morgan fingerprint density at radius 2 is 2.24 bits per heavy atom. The van der Waals surface area contributed by atoms with Gasteiger partial charge in [0.15, 0.2) is 0 Å². The first kappa shape index (κ1) is 16.0. The minimum absolute atomic E-state index is 0.136. The summed E-state index contributed by atoms with van der Waals surface area (Å²) in [5, 5.41) is 7.57. The zero-order chi connectivity index (χ0) is 15.2. The summed E-state index contributed by atoms with van der Waals surface area (Å²) in [5.74, 6) is 1.15. The first-order valence-corrected chi connectivity index (χ1v) is 8.10. The summed E-state index contributed by atoms with van der Waals surface area (Å²) < 4.78 is 0. The summed E-state index contributed by atoms with van der Waals surface area (Å²) in [5.41, 5.74) is 3.36. The highest BCUT2D eigenvalue weighted by atomic mass is 16.1. The smallest absolute Gasteiger partial charge is 0.224 e. The van der Waals surface area contributed by atoms with E-state index in [1.54, 1.807) is 0 Å². The van der Waals surface area contributed by atoms with Crippen LogP contribution in [0.2, 0.25) is 0 Å². The lowest BCUT2D eigenvalue weighted by Gasteiger charge is -2.21. The molecule has 0 bridgehead atoms. The van der Waals surface area contributed by atoms with E-state index in [1.807, 2.05) is 0 Å². The highest BCUT2D eigenvalue weighted by Crippen LogP contribution is 2.27. The molecule has 0 aliphatic carbocycles. The van der Waals surface area contributed by atoms with Gasteiger partial charge in [-0.05, 0) is 49.1 Å². The van der Waals surface area contributed by atoms with Crippen molar-refractivity contribution in [1.29, 1.82) is 0 Å². The zero-order valence-corrected chi connectivity index (χ0v) is 13.5. The number of carbonyl (C=O) groups excluding carboxylic acids is 1. The molecule has 1 amide bonds. The molecule has 1 atom stereocenters. The molecule has 0 saturated carbocycles. The van der Waals surface area contributed by atoms with E-state index in [0.717, 1.165) is 30.8 Å². The third kappa shape index (κ3) is 4.57. The van der Waals surface area contributed by atoms with Crippen LogP contribution in [0.1, 0.15) is 56.6 Å². The van der Waals surface area contributed by atoms with Crippen LogP contribution < -0.4 is 10.6 Å². The van der Waals surface area contributed by atoms with Crippen molar-refractivity contribution < 1.29 is 4.79 Å². The van der Waals surface area contributed by atoms with Crippen LogP contribution in [0.4, 0.5) is 5.69 Å². The molecular formula is C18H27N2O. The van der Waals surface area contributed by atoms with Crippen molar-refractivity contribution in [2.24, 2.45) is 5.92 Å². The number of para-hydroxylation sites is 1. The zero-order valence-electron chi connectivity index (χ0n) is 13.5.